The van der Waals surface area contributed by atoms with Crippen molar-refractivity contribution >= 4 is 44.7 Å². The minimum Gasteiger partial charge on any atom is -0.325 e. The first-order chi connectivity index (χ1) is 11.6. The molecule has 3 rings (SSSR count). The van der Waals surface area contributed by atoms with Crippen LogP contribution in [-0.2, 0) is 14.8 Å². The van der Waals surface area contributed by atoms with E-state index in [1.54, 1.807) is 23.7 Å². The minimum absolute atomic E-state index is 0.193. The summed E-state index contributed by atoms with van der Waals surface area (Å²) in [5.41, 5.74) is 2.07. The molecule has 1 N–H and O–H groups in total. The number of anilines is 1. The molecule has 0 saturated carbocycles. The van der Waals surface area contributed by atoms with Gasteiger partial charge in [-0.3, -0.25) is 4.79 Å². The fraction of sp³-hybridized carbons (Fsp3) is 0.357. The van der Waals surface area contributed by atoms with E-state index < -0.39 is 10.0 Å². The lowest BCUT2D eigenvalue weighted by atomic mass is 10.3. The number of carbonyl (C=O) groups is 1. The van der Waals surface area contributed by atoms with Crippen molar-refractivity contribution in [2.24, 2.45) is 0 Å². The van der Waals surface area contributed by atoms with Gasteiger partial charge in [0.1, 0.15) is 5.51 Å². The van der Waals surface area contributed by atoms with Gasteiger partial charge in [0.25, 0.3) is 0 Å². The molecule has 24 heavy (non-hydrogen) atoms. The van der Waals surface area contributed by atoms with Crippen molar-refractivity contribution in [3.05, 3.63) is 29.8 Å². The summed E-state index contributed by atoms with van der Waals surface area (Å²) in [7, 11) is -3.48. The second kappa shape index (κ2) is 7.60. The van der Waals surface area contributed by atoms with Crippen molar-refractivity contribution in [2.45, 2.75) is 22.1 Å². The molecule has 7 nitrogen and oxygen atoms in total. The molecule has 0 unspecified atom stereocenters. The van der Waals surface area contributed by atoms with Gasteiger partial charge in [0.05, 0.1) is 10.6 Å². The summed E-state index contributed by atoms with van der Waals surface area (Å²) in [6, 6.07) is 6.37. The van der Waals surface area contributed by atoms with E-state index >= 15 is 0 Å². The fourth-order valence-corrected chi connectivity index (χ4v) is 5.21. The van der Waals surface area contributed by atoms with Gasteiger partial charge in [-0.2, -0.15) is 4.31 Å². The topological polar surface area (TPSA) is 92.3 Å². The predicted molar refractivity (Wildman–Crippen MR) is 93.7 cm³/mol. The lowest BCUT2D eigenvalue weighted by Gasteiger charge is -2.16. The minimum atomic E-state index is -3.48. The summed E-state index contributed by atoms with van der Waals surface area (Å²) in [5.74, 6) is -0.0240. The van der Waals surface area contributed by atoms with Gasteiger partial charge in [0.2, 0.25) is 15.9 Å². The van der Waals surface area contributed by atoms with Crippen LogP contribution in [0.3, 0.4) is 0 Å². The van der Waals surface area contributed by atoms with E-state index in [1.807, 2.05) is 0 Å². The molecule has 10 heteroatoms. The van der Waals surface area contributed by atoms with E-state index in [-0.39, 0.29) is 16.6 Å². The van der Waals surface area contributed by atoms with Crippen LogP contribution in [0.5, 0.6) is 0 Å². The highest BCUT2D eigenvalue weighted by Gasteiger charge is 2.27. The first-order valence-corrected chi connectivity index (χ1v) is 10.7. The van der Waals surface area contributed by atoms with Crippen molar-refractivity contribution in [1.82, 2.24) is 14.5 Å². The summed E-state index contributed by atoms with van der Waals surface area (Å²) in [5, 5.41) is 10.3. The molecule has 1 aliphatic heterocycles. The number of thioether (sulfide) groups is 1. The Labute approximate surface area is 148 Å². The van der Waals surface area contributed by atoms with Crippen molar-refractivity contribution < 1.29 is 13.2 Å². The number of benzene rings is 1. The first-order valence-electron chi connectivity index (χ1n) is 7.35. The second-order valence-electron chi connectivity index (χ2n) is 5.18. The third-order valence-electron chi connectivity index (χ3n) is 3.49. The lowest BCUT2D eigenvalue weighted by Crippen LogP contribution is -2.28. The predicted octanol–water partition coefficient (Wildman–Crippen LogP) is 2.05. The molecule has 0 radical (unpaired) electrons. The number of hydrogen-bond acceptors (Lipinski definition) is 7. The molecule has 0 spiro atoms. The van der Waals surface area contributed by atoms with E-state index in [0.717, 1.165) is 17.2 Å². The molecule has 1 amide bonds. The van der Waals surface area contributed by atoms with Crippen LogP contribution in [0, 0.1) is 0 Å². The van der Waals surface area contributed by atoms with E-state index in [1.165, 1.54) is 33.5 Å². The lowest BCUT2D eigenvalue weighted by molar-refractivity contribution is -0.113. The molecule has 1 aromatic carbocycles. The summed E-state index contributed by atoms with van der Waals surface area (Å²) >= 11 is 2.66. The molecule has 128 valence electrons. The molecule has 1 aromatic heterocycles. The Morgan fingerprint density at radius 1 is 1.33 bits per heavy atom. The average molecular weight is 385 g/mol. The maximum absolute atomic E-state index is 12.5. The zero-order chi connectivity index (χ0) is 17.0. The van der Waals surface area contributed by atoms with Crippen LogP contribution >= 0.6 is 23.1 Å². The summed E-state index contributed by atoms with van der Waals surface area (Å²) in [6.07, 6.45) is 1.77. The highest BCUT2D eigenvalue weighted by Crippen LogP contribution is 2.24. The number of aromatic nitrogens is 2. The van der Waals surface area contributed by atoms with E-state index in [9.17, 15) is 13.2 Å². The molecule has 1 aliphatic rings. The van der Waals surface area contributed by atoms with Crippen LogP contribution in [-0.4, -0.2) is 47.7 Å². The number of hydrogen-bond donors (Lipinski definition) is 1. The van der Waals surface area contributed by atoms with Crippen LogP contribution in [0.25, 0.3) is 0 Å². The molecular weight excluding hydrogens is 368 g/mol. The fourth-order valence-electron chi connectivity index (χ4n) is 2.36. The SMILES string of the molecule is O=C(CSc1nncs1)Nc1cccc(S(=O)(=O)N2CCCC2)c1. The Morgan fingerprint density at radius 3 is 2.83 bits per heavy atom. The van der Waals surface area contributed by atoms with Crippen LogP contribution in [0.2, 0.25) is 0 Å². The van der Waals surface area contributed by atoms with Gasteiger partial charge in [-0.15, -0.1) is 10.2 Å². The Morgan fingerprint density at radius 2 is 2.12 bits per heavy atom. The van der Waals surface area contributed by atoms with Crippen LogP contribution < -0.4 is 5.32 Å². The normalized spacial score (nSPS) is 15.5. The molecule has 1 saturated heterocycles. The summed E-state index contributed by atoms with van der Waals surface area (Å²) in [4.78, 5) is 12.2. The monoisotopic (exact) mass is 384 g/mol. The average Bonchev–Trinajstić information content (AvgIpc) is 3.27. The Bertz CT molecular complexity index is 802. The highest BCUT2D eigenvalue weighted by molar-refractivity contribution is 8.01. The Hall–Kier alpha value is -1.49. The number of nitrogens with one attached hydrogen (secondary N) is 1. The van der Waals surface area contributed by atoms with Gasteiger partial charge in [-0.05, 0) is 31.0 Å². The van der Waals surface area contributed by atoms with Crippen LogP contribution in [0.15, 0.2) is 39.0 Å². The standard InChI is InChI=1S/C14H16N4O3S3/c19-13(9-22-14-17-15-10-23-14)16-11-4-3-5-12(8-11)24(20,21)18-6-1-2-7-18/h3-5,8,10H,1-2,6-7,9H2,(H,16,19). The van der Waals surface area contributed by atoms with E-state index in [2.05, 4.69) is 15.5 Å². The zero-order valence-corrected chi connectivity index (χ0v) is 15.2. The van der Waals surface area contributed by atoms with Gasteiger partial charge in [-0.1, -0.05) is 29.2 Å². The highest BCUT2D eigenvalue weighted by atomic mass is 32.2. The Kier molecular flexibility index (Phi) is 5.49. The van der Waals surface area contributed by atoms with E-state index in [4.69, 9.17) is 0 Å². The number of amides is 1. The molecule has 0 atom stereocenters. The summed E-state index contributed by atoms with van der Waals surface area (Å²) in [6.45, 7) is 1.11. The van der Waals surface area contributed by atoms with Gasteiger partial charge in [-0.25, -0.2) is 8.42 Å². The van der Waals surface area contributed by atoms with Crippen molar-refractivity contribution in [2.75, 3.05) is 24.2 Å². The number of carbonyl (C=O) groups excluding carboxylic acids is 1. The number of nitrogens with zero attached hydrogens (tertiary/aromatic N) is 3. The quantitative estimate of drug-likeness (QED) is 0.767. The van der Waals surface area contributed by atoms with Gasteiger partial charge >= 0.3 is 0 Å². The smallest absolute Gasteiger partial charge is 0.243 e. The molecular formula is C14H16N4O3S3. The second-order valence-corrected chi connectivity index (χ2v) is 9.17. The van der Waals surface area contributed by atoms with Gasteiger partial charge < -0.3 is 5.32 Å². The number of rotatable bonds is 6. The zero-order valence-electron chi connectivity index (χ0n) is 12.7. The molecule has 2 aromatic rings. The molecule has 2 heterocycles. The Balaban J connectivity index is 1.65. The van der Waals surface area contributed by atoms with Gasteiger partial charge in [0, 0.05) is 18.8 Å². The molecule has 1 fully saturated rings. The maximum Gasteiger partial charge on any atom is 0.243 e. The maximum atomic E-state index is 12.5. The van der Waals surface area contributed by atoms with Crippen molar-refractivity contribution in [3.63, 3.8) is 0 Å². The third-order valence-corrected chi connectivity index (χ3v) is 7.24. The van der Waals surface area contributed by atoms with Crippen molar-refractivity contribution in [1.29, 1.82) is 0 Å². The number of sulfonamides is 1. The van der Waals surface area contributed by atoms with Gasteiger partial charge in [0.15, 0.2) is 4.34 Å². The molecule has 0 aliphatic carbocycles. The third kappa shape index (κ3) is 4.12. The molecule has 0 bridgehead atoms. The summed E-state index contributed by atoms with van der Waals surface area (Å²) < 4.78 is 27.3. The van der Waals surface area contributed by atoms with E-state index in [0.29, 0.717) is 18.8 Å². The largest absolute Gasteiger partial charge is 0.325 e. The van der Waals surface area contributed by atoms with Crippen molar-refractivity contribution in [3.8, 4) is 0 Å². The first kappa shape index (κ1) is 17.3. The van der Waals surface area contributed by atoms with Crippen LogP contribution in [0.4, 0.5) is 5.69 Å². The van der Waals surface area contributed by atoms with Crippen LogP contribution in [0.1, 0.15) is 12.8 Å².